The maximum Gasteiger partial charge on any atom is 0.263 e. The van der Waals surface area contributed by atoms with Crippen LogP contribution < -0.4 is 16.0 Å². The lowest BCUT2D eigenvalue weighted by atomic mass is 10.1. The van der Waals surface area contributed by atoms with Gasteiger partial charge >= 0.3 is 0 Å². The monoisotopic (exact) mass is 309 g/mol. The molecule has 2 heterocycles. The van der Waals surface area contributed by atoms with Crippen LogP contribution in [0.4, 0.5) is 10.7 Å². The van der Waals surface area contributed by atoms with Gasteiger partial charge in [0.05, 0.1) is 16.8 Å². The van der Waals surface area contributed by atoms with Crippen molar-refractivity contribution < 1.29 is 9.53 Å². The molecule has 1 aromatic rings. The number of nitrogen functional groups attached to an aromatic ring is 1. The minimum Gasteiger partial charge on any atom is -0.397 e. The van der Waals surface area contributed by atoms with Crippen LogP contribution in [0.3, 0.4) is 0 Å². The van der Waals surface area contributed by atoms with Crippen LogP contribution in [0.1, 0.15) is 47.3 Å². The number of nitrogens with two attached hydrogens (primary N) is 1. The van der Waals surface area contributed by atoms with Gasteiger partial charge in [0.1, 0.15) is 4.88 Å². The summed E-state index contributed by atoms with van der Waals surface area (Å²) in [5.41, 5.74) is 8.21. The van der Waals surface area contributed by atoms with Crippen molar-refractivity contribution in [1.82, 2.24) is 5.32 Å². The topological polar surface area (TPSA) is 67.6 Å². The van der Waals surface area contributed by atoms with Gasteiger partial charge in [-0.25, -0.2) is 0 Å². The standard InChI is InChI=1S/C15H23N3O2S/c1-3-17-14(19)13-12(16)11(9-4-5-9)15(21-13)18-7-6-10(8-18)20-2/h9-10H,3-8,16H2,1-2H3,(H,17,19). The normalized spacial score (nSPS) is 21.8. The fraction of sp³-hybridized carbons (Fsp3) is 0.667. The van der Waals surface area contributed by atoms with Crippen LogP contribution >= 0.6 is 11.3 Å². The summed E-state index contributed by atoms with van der Waals surface area (Å²) < 4.78 is 5.45. The van der Waals surface area contributed by atoms with Gasteiger partial charge in [-0.05, 0) is 32.1 Å². The van der Waals surface area contributed by atoms with Gasteiger partial charge in [0.25, 0.3) is 5.91 Å². The van der Waals surface area contributed by atoms with Gasteiger partial charge in [0.2, 0.25) is 0 Å². The molecule has 0 aromatic carbocycles. The van der Waals surface area contributed by atoms with Gasteiger partial charge in [0.15, 0.2) is 0 Å². The van der Waals surface area contributed by atoms with Crippen molar-refractivity contribution >= 4 is 27.9 Å². The third-order valence-corrected chi connectivity index (χ3v) is 5.54. The van der Waals surface area contributed by atoms with Gasteiger partial charge < -0.3 is 20.7 Å². The lowest BCUT2D eigenvalue weighted by Gasteiger charge is -2.18. The average Bonchev–Trinajstić information content (AvgIpc) is 3.08. The third kappa shape index (κ3) is 2.74. The van der Waals surface area contributed by atoms with E-state index in [0.717, 1.165) is 19.5 Å². The second kappa shape index (κ2) is 5.85. The maximum absolute atomic E-state index is 12.2. The van der Waals surface area contributed by atoms with E-state index < -0.39 is 0 Å². The summed E-state index contributed by atoms with van der Waals surface area (Å²) in [7, 11) is 1.76. The van der Waals surface area contributed by atoms with Crippen LogP contribution in [-0.4, -0.2) is 38.8 Å². The highest BCUT2D eigenvalue weighted by Crippen LogP contribution is 2.52. The zero-order valence-corrected chi connectivity index (χ0v) is 13.5. The summed E-state index contributed by atoms with van der Waals surface area (Å²) in [4.78, 5) is 15.2. The van der Waals surface area contributed by atoms with Crippen LogP contribution in [0.15, 0.2) is 0 Å². The number of thiophene rings is 1. The van der Waals surface area contributed by atoms with Crippen molar-refractivity contribution in [3.63, 3.8) is 0 Å². The zero-order valence-electron chi connectivity index (χ0n) is 12.6. The summed E-state index contributed by atoms with van der Waals surface area (Å²) in [5, 5.41) is 4.05. The third-order valence-electron chi connectivity index (χ3n) is 4.26. The molecule has 5 nitrogen and oxygen atoms in total. The fourth-order valence-corrected chi connectivity index (χ4v) is 4.22. The SMILES string of the molecule is CCNC(=O)c1sc(N2CCC(OC)C2)c(C2CC2)c1N. The fourth-order valence-electron chi connectivity index (χ4n) is 2.96. The molecular formula is C15H23N3O2S. The second-order valence-electron chi connectivity index (χ2n) is 5.79. The van der Waals surface area contributed by atoms with E-state index >= 15 is 0 Å². The van der Waals surface area contributed by atoms with Crippen LogP contribution in [-0.2, 0) is 4.74 Å². The highest BCUT2D eigenvalue weighted by Gasteiger charge is 2.36. The van der Waals surface area contributed by atoms with E-state index in [9.17, 15) is 4.79 Å². The number of nitrogens with one attached hydrogen (secondary N) is 1. The molecule has 1 aliphatic carbocycles. The highest BCUT2D eigenvalue weighted by molar-refractivity contribution is 7.18. The molecule has 3 N–H and O–H groups in total. The molecule has 3 rings (SSSR count). The number of hydrogen-bond donors (Lipinski definition) is 2. The second-order valence-corrected chi connectivity index (χ2v) is 6.79. The molecule has 1 amide bonds. The van der Waals surface area contributed by atoms with Crippen molar-refractivity contribution in [3.05, 3.63) is 10.4 Å². The van der Waals surface area contributed by atoms with Crippen LogP contribution in [0.25, 0.3) is 0 Å². The van der Waals surface area contributed by atoms with E-state index in [1.165, 1.54) is 23.4 Å². The van der Waals surface area contributed by atoms with Gasteiger partial charge in [0, 0.05) is 32.3 Å². The highest BCUT2D eigenvalue weighted by atomic mass is 32.1. The lowest BCUT2D eigenvalue weighted by molar-refractivity contribution is 0.0960. The van der Waals surface area contributed by atoms with E-state index in [0.29, 0.717) is 23.0 Å². The summed E-state index contributed by atoms with van der Waals surface area (Å²) in [5.74, 6) is 0.497. The van der Waals surface area contributed by atoms with Crippen molar-refractivity contribution in [1.29, 1.82) is 0 Å². The van der Waals surface area contributed by atoms with E-state index in [1.807, 2.05) is 6.92 Å². The van der Waals surface area contributed by atoms with Crippen LogP contribution in [0, 0.1) is 0 Å². The maximum atomic E-state index is 12.2. The molecular weight excluding hydrogens is 286 g/mol. The number of ether oxygens (including phenoxy) is 1. The van der Waals surface area contributed by atoms with Crippen molar-refractivity contribution in [2.75, 3.05) is 37.4 Å². The quantitative estimate of drug-likeness (QED) is 0.875. The number of methoxy groups -OCH3 is 1. The number of rotatable bonds is 5. The molecule has 1 aliphatic heterocycles. The average molecular weight is 309 g/mol. The molecule has 0 bridgehead atoms. The number of anilines is 2. The Hall–Kier alpha value is -1.27. The Labute approximate surface area is 129 Å². The minimum atomic E-state index is -0.0457. The number of amides is 1. The van der Waals surface area contributed by atoms with Crippen molar-refractivity contribution in [2.45, 2.75) is 38.2 Å². The van der Waals surface area contributed by atoms with Crippen molar-refractivity contribution in [2.24, 2.45) is 0 Å². The summed E-state index contributed by atoms with van der Waals surface area (Å²) >= 11 is 1.55. The molecule has 2 fully saturated rings. The molecule has 1 saturated carbocycles. The first-order valence-corrected chi connectivity index (χ1v) is 8.45. The molecule has 0 radical (unpaired) electrons. The first-order valence-electron chi connectivity index (χ1n) is 7.63. The molecule has 21 heavy (non-hydrogen) atoms. The van der Waals surface area contributed by atoms with Gasteiger partial charge in [-0.15, -0.1) is 11.3 Å². The van der Waals surface area contributed by atoms with E-state index in [1.54, 1.807) is 18.4 Å². The summed E-state index contributed by atoms with van der Waals surface area (Å²) in [6, 6.07) is 0. The minimum absolute atomic E-state index is 0.0457. The summed E-state index contributed by atoms with van der Waals surface area (Å²) in [6.07, 6.45) is 3.69. The molecule has 0 spiro atoms. The molecule has 6 heteroatoms. The molecule has 116 valence electrons. The Bertz CT molecular complexity index is 539. The van der Waals surface area contributed by atoms with Gasteiger partial charge in [-0.3, -0.25) is 4.79 Å². The van der Waals surface area contributed by atoms with E-state index in [-0.39, 0.29) is 12.0 Å². The van der Waals surface area contributed by atoms with Gasteiger partial charge in [-0.2, -0.15) is 0 Å². The Kier molecular flexibility index (Phi) is 4.08. The molecule has 1 aromatic heterocycles. The number of carbonyl (C=O) groups is 1. The number of nitrogens with zero attached hydrogens (tertiary/aromatic N) is 1. The first kappa shape index (κ1) is 14.7. The molecule has 1 atom stereocenters. The predicted molar refractivity (Wildman–Crippen MR) is 86.3 cm³/mol. The van der Waals surface area contributed by atoms with E-state index in [4.69, 9.17) is 10.5 Å². The largest absolute Gasteiger partial charge is 0.397 e. The van der Waals surface area contributed by atoms with Gasteiger partial charge in [-0.1, -0.05) is 0 Å². The Morgan fingerprint density at radius 3 is 2.81 bits per heavy atom. The Morgan fingerprint density at radius 1 is 1.48 bits per heavy atom. The lowest BCUT2D eigenvalue weighted by Crippen LogP contribution is -2.22. The van der Waals surface area contributed by atoms with Crippen LogP contribution in [0.2, 0.25) is 0 Å². The van der Waals surface area contributed by atoms with E-state index in [2.05, 4.69) is 10.2 Å². The molecule has 1 unspecified atom stereocenters. The van der Waals surface area contributed by atoms with Crippen molar-refractivity contribution in [3.8, 4) is 0 Å². The smallest absolute Gasteiger partial charge is 0.263 e. The summed E-state index contributed by atoms with van der Waals surface area (Å²) in [6.45, 7) is 4.42. The molecule has 1 saturated heterocycles. The zero-order chi connectivity index (χ0) is 15.0. The number of hydrogen-bond acceptors (Lipinski definition) is 5. The number of carbonyl (C=O) groups excluding carboxylic acids is 1. The first-order chi connectivity index (χ1) is 10.2. The van der Waals surface area contributed by atoms with Crippen LogP contribution in [0.5, 0.6) is 0 Å². The Morgan fingerprint density at radius 2 is 2.24 bits per heavy atom. The Balaban J connectivity index is 1.92. The molecule has 2 aliphatic rings. The predicted octanol–water partition coefficient (Wildman–Crippen LogP) is 2.18.